The number of carbonyl (C=O) groups excluding carboxylic acids is 1. The van der Waals surface area contributed by atoms with Crippen LogP contribution in [-0.2, 0) is 11.0 Å². The summed E-state index contributed by atoms with van der Waals surface area (Å²) in [6.07, 6.45) is -4.35. The van der Waals surface area contributed by atoms with Crippen molar-refractivity contribution < 1.29 is 18.0 Å². The number of carbonyl (C=O) groups is 1. The Bertz CT molecular complexity index is 539. The van der Waals surface area contributed by atoms with Crippen LogP contribution in [0.4, 0.5) is 13.2 Å². The molecule has 114 valence electrons. The quantitative estimate of drug-likeness (QED) is 0.840. The first kappa shape index (κ1) is 17.1. The number of rotatable bonds is 3. The Morgan fingerprint density at radius 3 is 2.33 bits per heavy atom. The van der Waals surface area contributed by atoms with Crippen molar-refractivity contribution in [2.24, 2.45) is 11.7 Å². The third-order valence-corrected chi connectivity index (χ3v) is 2.82. The zero-order valence-electron chi connectivity index (χ0n) is 11.8. The number of halogens is 3. The van der Waals surface area contributed by atoms with E-state index in [4.69, 9.17) is 5.73 Å². The fourth-order valence-electron chi connectivity index (χ4n) is 1.44. The lowest BCUT2D eigenvalue weighted by molar-refractivity contribution is -0.137. The van der Waals surface area contributed by atoms with Crippen LogP contribution in [0.15, 0.2) is 24.3 Å². The van der Waals surface area contributed by atoms with Crippen LogP contribution >= 0.6 is 0 Å². The molecule has 1 aromatic rings. The van der Waals surface area contributed by atoms with Crippen LogP contribution < -0.4 is 11.1 Å². The van der Waals surface area contributed by atoms with E-state index in [9.17, 15) is 18.0 Å². The van der Waals surface area contributed by atoms with Gasteiger partial charge in [0.15, 0.2) is 0 Å². The van der Waals surface area contributed by atoms with E-state index in [2.05, 4.69) is 17.2 Å². The van der Waals surface area contributed by atoms with Crippen LogP contribution in [0.2, 0.25) is 0 Å². The molecule has 1 aromatic carbocycles. The molecule has 0 saturated heterocycles. The first-order chi connectivity index (χ1) is 9.71. The Balaban J connectivity index is 2.54. The number of amides is 1. The van der Waals surface area contributed by atoms with E-state index in [0.29, 0.717) is 5.56 Å². The van der Waals surface area contributed by atoms with E-state index in [-0.39, 0.29) is 18.4 Å². The zero-order chi connectivity index (χ0) is 16.0. The molecule has 0 aliphatic rings. The van der Waals surface area contributed by atoms with Gasteiger partial charge in [0.25, 0.3) is 0 Å². The van der Waals surface area contributed by atoms with Crippen LogP contribution in [0.25, 0.3) is 0 Å². The molecule has 0 fully saturated rings. The molecular formula is C15H17F3N2O. The van der Waals surface area contributed by atoms with Gasteiger partial charge < -0.3 is 11.1 Å². The molecule has 0 bridgehead atoms. The third-order valence-electron chi connectivity index (χ3n) is 2.82. The maximum absolute atomic E-state index is 12.4. The minimum Gasteiger partial charge on any atom is -0.344 e. The monoisotopic (exact) mass is 298 g/mol. The summed E-state index contributed by atoms with van der Waals surface area (Å²) in [6, 6.07) is 3.92. The van der Waals surface area contributed by atoms with Crippen molar-refractivity contribution in [1.29, 1.82) is 0 Å². The molecule has 3 nitrogen and oxygen atoms in total. The summed E-state index contributed by atoms with van der Waals surface area (Å²) in [5.74, 6) is 5.06. The first-order valence-corrected chi connectivity index (χ1v) is 6.41. The lowest BCUT2D eigenvalue weighted by Gasteiger charge is -2.13. The number of hydrogen-bond donors (Lipinski definition) is 2. The number of alkyl halides is 3. The second-order valence-electron chi connectivity index (χ2n) is 4.86. The molecule has 0 aliphatic carbocycles. The van der Waals surface area contributed by atoms with Crippen molar-refractivity contribution in [3.05, 3.63) is 35.4 Å². The minimum atomic E-state index is -4.35. The van der Waals surface area contributed by atoms with Gasteiger partial charge in [-0.3, -0.25) is 4.79 Å². The fraction of sp³-hybridized carbons (Fsp3) is 0.400. The van der Waals surface area contributed by atoms with Crippen molar-refractivity contribution in [3.8, 4) is 11.8 Å². The van der Waals surface area contributed by atoms with Gasteiger partial charge in [-0.2, -0.15) is 13.2 Å². The number of hydrogen-bond acceptors (Lipinski definition) is 2. The lowest BCUT2D eigenvalue weighted by Crippen LogP contribution is -2.44. The maximum atomic E-state index is 12.4. The van der Waals surface area contributed by atoms with E-state index in [1.165, 1.54) is 12.1 Å². The van der Waals surface area contributed by atoms with E-state index in [1.807, 2.05) is 13.8 Å². The topological polar surface area (TPSA) is 55.1 Å². The SMILES string of the molecule is CC(C)[C@H](N)C(=O)NCC#Cc1ccc(C(F)(F)F)cc1. The molecular weight excluding hydrogens is 281 g/mol. The van der Waals surface area contributed by atoms with Crippen LogP contribution in [-0.4, -0.2) is 18.5 Å². The van der Waals surface area contributed by atoms with E-state index in [0.717, 1.165) is 12.1 Å². The predicted octanol–water partition coefficient (Wildman–Crippen LogP) is 2.16. The van der Waals surface area contributed by atoms with Crippen LogP contribution in [0.5, 0.6) is 0 Å². The average Bonchev–Trinajstić information content (AvgIpc) is 2.42. The Morgan fingerprint density at radius 2 is 1.86 bits per heavy atom. The fourth-order valence-corrected chi connectivity index (χ4v) is 1.44. The molecule has 1 atom stereocenters. The molecule has 1 rings (SSSR count). The van der Waals surface area contributed by atoms with Crippen LogP contribution in [0, 0.1) is 17.8 Å². The summed E-state index contributed by atoms with van der Waals surface area (Å²) in [5, 5.41) is 2.55. The molecule has 0 spiro atoms. The summed E-state index contributed by atoms with van der Waals surface area (Å²) in [6.45, 7) is 3.76. The Labute approximate surface area is 121 Å². The standard InChI is InChI=1S/C15H17F3N2O/c1-10(2)13(19)14(21)20-9-3-4-11-5-7-12(8-6-11)15(16,17)18/h5-8,10,13H,9,19H2,1-2H3,(H,20,21)/t13-/m0/s1. The highest BCUT2D eigenvalue weighted by Gasteiger charge is 2.29. The summed E-state index contributed by atoms with van der Waals surface area (Å²) in [5.41, 5.74) is 5.38. The largest absolute Gasteiger partial charge is 0.416 e. The summed E-state index contributed by atoms with van der Waals surface area (Å²) < 4.78 is 37.1. The molecule has 6 heteroatoms. The molecule has 0 radical (unpaired) electrons. The Hall–Kier alpha value is -2.00. The summed E-state index contributed by atoms with van der Waals surface area (Å²) in [7, 11) is 0. The highest BCUT2D eigenvalue weighted by molar-refractivity contribution is 5.81. The molecule has 3 N–H and O–H groups in total. The highest BCUT2D eigenvalue weighted by Crippen LogP contribution is 2.28. The molecule has 0 aliphatic heterocycles. The van der Waals surface area contributed by atoms with Gasteiger partial charge in [0.1, 0.15) is 0 Å². The maximum Gasteiger partial charge on any atom is 0.416 e. The predicted molar refractivity (Wildman–Crippen MR) is 74.1 cm³/mol. The number of nitrogens with one attached hydrogen (secondary N) is 1. The van der Waals surface area contributed by atoms with Gasteiger partial charge in [-0.1, -0.05) is 25.7 Å². The first-order valence-electron chi connectivity index (χ1n) is 6.41. The van der Waals surface area contributed by atoms with Gasteiger partial charge in [0.05, 0.1) is 18.2 Å². The van der Waals surface area contributed by atoms with E-state index < -0.39 is 17.8 Å². The smallest absolute Gasteiger partial charge is 0.344 e. The molecule has 1 amide bonds. The molecule has 0 saturated carbocycles. The van der Waals surface area contributed by atoms with Gasteiger partial charge in [0.2, 0.25) is 5.91 Å². The number of benzene rings is 1. The van der Waals surface area contributed by atoms with E-state index >= 15 is 0 Å². The number of nitrogens with two attached hydrogens (primary N) is 1. The normalized spacial score (nSPS) is 12.5. The van der Waals surface area contributed by atoms with Crippen LogP contribution in [0.3, 0.4) is 0 Å². The molecule has 0 unspecified atom stereocenters. The Morgan fingerprint density at radius 1 is 1.29 bits per heavy atom. The van der Waals surface area contributed by atoms with Gasteiger partial charge >= 0.3 is 6.18 Å². The van der Waals surface area contributed by atoms with Crippen LogP contribution in [0.1, 0.15) is 25.0 Å². The van der Waals surface area contributed by atoms with E-state index in [1.54, 1.807) is 0 Å². The average molecular weight is 298 g/mol. The Kier molecular flexibility index (Phi) is 5.79. The van der Waals surface area contributed by atoms with Crippen molar-refractivity contribution in [2.75, 3.05) is 6.54 Å². The zero-order valence-corrected chi connectivity index (χ0v) is 11.8. The van der Waals surface area contributed by atoms with Crippen molar-refractivity contribution in [3.63, 3.8) is 0 Å². The molecule has 0 aromatic heterocycles. The van der Waals surface area contributed by atoms with Gasteiger partial charge in [-0.15, -0.1) is 0 Å². The third kappa shape index (κ3) is 5.48. The minimum absolute atomic E-state index is 0.0212. The molecule has 21 heavy (non-hydrogen) atoms. The second kappa shape index (κ2) is 7.14. The van der Waals surface area contributed by atoms with Crippen molar-refractivity contribution in [1.82, 2.24) is 5.32 Å². The van der Waals surface area contributed by atoms with Crippen molar-refractivity contribution >= 4 is 5.91 Å². The lowest BCUT2D eigenvalue weighted by atomic mass is 10.1. The summed E-state index contributed by atoms with van der Waals surface area (Å²) in [4.78, 5) is 11.5. The highest BCUT2D eigenvalue weighted by atomic mass is 19.4. The summed E-state index contributed by atoms with van der Waals surface area (Å²) >= 11 is 0. The molecule has 0 heterocycles. The van der Waals surface area contributed by atoms with Crippen molar-refractivity contribution in [2.45, 2.75) is 26.1 Å². The van der Waals surface area contributed by atoms with Gasteiger partial charge in [-0.25, -0.2) is 0 Å². The second-order valence-corrected chi connectivity index (χ2v) is 4.86. The van der Waals surface area contributed by atoms with Gasteiger partial charge in [0, 0.05) is 5.56 Å². The van der Waals surface area contributed by atoms with Gasteiger partial charge in [-0.05, 0) is 30.2 Å².